The molecule has 64 valence electrons. The summed E-state index contributed by atoms with van der Waals surface area (Å²) in [6, 6.07) is 0. The summed E-state index contributed by atoms with van der Waals surface area (Å²) in [7, 11) is 0. The van der Waals surface area contributed by atoms with Gasteiger partial charge in [0.05, 0.1) is 5.60 Å². The Morgan fingerprint density at radius 2 is 2.09 bits per heavy atom. The number of hydrogen-bond donors (Lipinski definition) is 1. The van der Waals surface area contributed by atoms with Gasteiger partial charge < -0.3 is 5.11 Å². The van der Waals surface area contributed by atoms with Crippen LogP contribution in [0.2, 0.25) is 0 Å². The molecule has 11 heavy (non-hydrogen) atoms. The van der Waals surface area contributed by atoms with Crippen molar-refractivity contribution in [2.75, 3.05) is 0 Å². The Morgan fingerprint density at radius 3 is 2.36 bits per heavy atom. The molecule has 1 N–H and O–H groups in total. The third-order valence-electron chi connectivity index (χ3n) is 2.49. The van der Waals surface area contributed by atoms with Crippen LogP contribution in [0.3, 0.4) is 0 Å². The van der Waals surface area contributed by atoms with Gasteiger partial charge in [-0.2, -0.15) is 0 Å². The minimum Gasteiger partial charge on any atom is -0.386 e. The standard InChI is InChI=1S/C10H18O/c1-8(2)7-9(3)10(11)5-4-6-10/h8,11H,3-7H2,1-2H3. The predicted molar refractivity (Wildman–Crippen MR) is 47.4 cm³/mol. The van der Waals surface area contributed by atoms with Crippen molar-refractivity contribution in [2.24, 2.45) is 5.92 Å². The molecular weight excluding hydrogens is 136 g/mol. The molecule has 0 unspecified atom stereocenters. The highest BCUT2D eigenvalue weighted by atomic mass is 16.3. The maximum Gasteiger partial charge on any atom is 0.0854 e. The molecule has 1 fully saturated rings. The molecule has 1 heteroatoms. The molecule has 0 atom stereocenters. The summed E-state index contributed by atoms with van der Waals surface area (Å²) in [5.41, 5.74) is 0.559. The molecule has 0 saturated heterocycles. The third kappa shape index (κ3) is 1.84. The minimum atomic E-state index is -0.482. The van der Waals surface area contributed by atoms with Crippen LogP contribution in [0.1, 0.15) is 39.5 Å². The summed E-state index contributed by atoms with van der Waals surface area (Å²) >= 11 is 0. The monoisotopic (exact) mass is 154 g/mol. The van der Waals surface area contributed by atoms with Gasteiger partial charge >= 0.3 is 0 Å². The van der Waals surface area contributed by atoms with Crippen LogP contribution in [0.25, 0.3) is 0 Å². The van der Waals surface area contributed by atoms with Crippen LogP contribution in [0, 0.1) is 5.92 Å². The van der Waals surface area contributed by atoms with Crippen LogP contribution in [-0.2, 0) is 0 Å². The van der Waals surface area contributed by atoms with Crippen LogP contribution in [0.15, 0.2) is 12.2 Å². The Balaban J connectivity index is 2.40. The Bertz CT molecular complexity index is 154. The number of hydrogen-bond acceptors (Lipinski definition) is 1. The van der Waals surface area contributed by atoms with Crippen LogP contribution in [-0.4, -0.2) is 10.7 Å². The smallest absolute Gasteiger partial charge is 0.0854 e. The molecule has 0 aromatic heterocycles. The highest BCUT2D eigenvalue weighted by Crippen LogP contribution is 2.39. The van der Waals surface area contributed by atoms with Crippen molar-refractivity contribution in [3.8, 4) is 0 Å². The van der Waals surface area contributed by atoms with Gasteiger partial charge in [0.2, 0.25) is 0 Å². The molecule has 1 aliphatic carbocycles. The van der Waals surface area contributed by atoms with Crippen molar-refractivity contribution in [1.29, 1.82) is 0 Å². The first-order valence-electron chi connectivity index (χ1n) is 4.45. The molecular formula is C10H18O. The number of rotatable bonds is 3. The normalized spacial score (nSPS) is 21.5. The van der Waals surface area contributed by atoms with Crippen molar-refractivity contribution in [1.82, 2.24) is 0 Å². The molecule has 0 bridgehead atoms. The minimum absolute atomic E-state index is 0.482. The summed E-state index contributed by atoms with van der Waals surface area (Å²) in [6.07, 6.45) is 3.99. The Hall–Kier alpha value is -0.300. The molecule has 0 spiro atoms. The predicted octanol–water partition coefficient (Wildman–Crippen LogP) is 2.50. The lowest BCUT2D eigenvalue weighted by molar-refractivity contribution is -0.00118. The zero-order valence-corrected chi connectivity index (χ0v) is 7.56. The van der Waals surface area contributed by atoms with Gasteiger partial charge in [0, 0.05) is 0 Å². The first-order chi connectivity index (χ1) is 5.04. The van der Waals surface area contributed by atoms with E-state index < -0.39 is 5.60 Å². The molecule has 1 aliphatic rings. The highest BCUT2D eigenvalue weighted by Gasteiger charge is 2.36. The molecule has 0 radical (unpaired) electrons. The van der Waals surface area contributed by atoms with Gasteiger partial charge in [0.1, 0.15) is 0 Å². The van der Waals surface area contributed by atoms with E-state index >= 15 is 0 Å². The molecule has 1 saturated carbocycles. The summed E-state index contributed by atoms with van der Waals surface area (Å²) in [4.78, 5) is 0. The van der Waals surface area contributed by atoms with E-state index in [-0.39, 0.29) is 0 Å². The van der Waals surface area contributed by atoms with Crippen molar-refractivity contribution in [3.63, 3.8) is 0 Å². The van der Waals surface area contributed by atoms with Crippen LogP contribution >= 0.6 is 0 Å². The van der Waals surface area contributed by atoms with Gasteiger partial charge in [-0.1, -0.05) is 20.4 Å². The van der Waals surface area contributed by atoms with Crippen LogP contribution in [0.5, 0.6) is 0 Å². The lowest BCUT2D eigenvalue weighted by atomic mass is 9.73. The van der Waals surface area contributed by atoms with Gasteiger partial charge in [-0.25, -0.2) is 0 Å². The molecule has 0 heterocycles. The molecule has 0 aliphatic heterocycles. The van der Waals surface area contributed by atoms with E-state index in [2.05, 4.69) is 20.4 Å². The maximum absolute atomic E-state index is 9.83. The van der Waals surface area contributed by atoms with Gasteiger partial charge in [0.15, 0.2) is 0 Å². The number of aliphatic hydroxyl groups is 1. The van der Waals surface area contributed by atoms with E-state index in [1.165, 1.54) is 0 Å². The summed E-state index contributed by atoms with van der Waals surface area (Å²) in [5.74, 6) is 0.618. The fourth-order valence-electron chi connectivity index (χ4n) is 1.55. The zero-order chi connectivity index (χ0) is 8.48. The average molecular weight is 154 g/mol. The second-order valence-electron chi connectivity index (χ2n) is 4.09. The maximum atomic E-state index is 9.83. The first kappa shape index (κ1) is 8.79. The summed E-state index contributed by atoms with van der Waals surface area (Å²) in [5, 5.41) is 9.83. The Labute approximate surface area is 69.1 Å². The second kappa shape index (κ2) is 2.98. The quantitative estimate of drug-likeness (QED) is 0.619. The van der Waals surface area contributed by atoms with Crippen molar-refractivity contribution >= 4 is 0 Å². The van der Waals surface area contributed by atoms with E-state index in [0.717, 1.165) is 31.3 Å². The van der Waals surface area contributed by atoms with Gasteiger partial charge in [-0.3, -0.25) is 0 Å². The fourth-order valence-corrected chi connectivity index (χ4v) is 1.55. The molecule has 1 rings (SSSR count). The molecule has 0 aromatic rings. The van der Waals surface area contributed by atoms with Gasteiger partial charge in [-0.15, -0.1) is 0 Å². The third-order valence-corrected chi connectivity index (χ3v) is 2.49. The van der Waals surface area contributed by atoms with E-state index in [4.69, 9.17) is 0 Å². The van der Waals surface area contributed by atoms with E-state index in [0.29, 0.717) is 5.92 Å². The second-order valence-corrected chi connectivity index (χ2v) is 4.09. The molecule has 0 amide bonds. The van der Waals surface area contributed by atoms with E-state index in [1.54, 1.807) is 0 Å². The summed E-state index contributed by atoms with van der Waals surface area (Å²) < 4.78 is 0. The van der Waals surface area contributed by atoms with Crippen LogP contribution in [0.4, 0.5) is 0 Å². The largest absolute Gasteiger partial charge is 0.386 e. The molecule has 1 nitrogen and oxygen atoms in total. The van der Waals surface area contributed by atoms with Crippen molar-refractivity contribution in [2.45, 2.75) is 45.1 Å². The Kier molecular flexibility index (Phi) is 2.38. The summed E-state index contributed by atoms with van der Waals surface area (Å²) in [6.45, 7) is 8.26. The zero-order valence-electron chi connectivity index (χ0n) is 7.56. The topological polar surface area (TPSA) is 20.2 Å². The highest BCUT2D eigenvalue weighted by molar-refractivity contribution is 5.16. The lowest BCUT2D eigenvalue weighted by Gasteiger charge is -2.39. The van der Waals surface area contributed by atoms with E-state index in [1.807, 2.05) is 0 Å². The van der Waals surface area contributed by atoms with Gasteiger partial charge in [-0.05, 0) is 37.2 Å². The van der Waals surface area contributed by atoms with Gasteiger partial charge in [0.25, 0.3) is 0 Å². The lowest BCUT2D eigenvalue weighted by Crippen LogP contribution is -2.38. The molecule has 0 aromatic carbocycles. The average Bonchev–Trinajstić information content (AvgIpc) is 1.81. The SMILES string of the molecule is C=C(CC(C)C)C1(O)CCC1. The van der Waals surface area contributed by atoms with E-state index in [9.17, 15) is 5.11 Å². The Morgan fingerprint density at radius 1 is 1.55 bits per heavy atom. The fraction of sp³-hybridized carbons (Fsp3) is 0.800. The van der Waals surface area contributed by atoms with Crippen LogP contribution < -0.4 is 0 Å². The first-order valence-corrected chi connectivity index (χ1v) is 4.45. The van der Waals surface area contributed by atoms with Crippen molar-refractivity contribution < 1.29 is 5.11 Å². The van der Waals surface area contributed by atoms with Crippen molar-refractivity contribution in [3.05, 3.63) is 12.2 Å².